The number of aryl methyl sites for hydroxylation is 1. The molecule has 5 heteroatoms. The van der Waals surface area contributed by atoms with Gasteiger partial charge in [-0.3, -0.25) is 0 Å². The van der Waals surface area contributed by atoms with Crippen LogP contribution in [-0.2, 0) is 0 Å². The topological polar surface area (TPSA) is 55.8 Å². The second-order valence-corrected chi connectivity index (χ2v) is 4.52. The highest BCUT2D eigenvalue weighted by atomic mass is 19.1. The molecule has 0 aliphatic rings. The molecule has 2 aromatic carbocycles. The maximum absolute atomic E-state index is 13.8. The van der Waals surface area contributed by atoms with Gasteiger partial charge >= 0.3 is 5.97 Å². The van der Waals surface area contributed by atoms with Crippen molar-refractivity contribution in [3.05, 3.63) is 47.3 Å². The highest BCUT2D eigenvalue weighted by Crippen LogP contribution is 2.34. The largest absolute Gasteiger partial charge is 0.493 e. The van der Waals surface area contributed by atoms with Gasteiger partial charge in [0.15, 0.2) is 11.5 Å². The van der Waals surface area contributed by atoms with Crippen LogP contribution < -0.4 is 9.47 Å². The smallest absolute Gasteiger partial charge is 0.336 e. The van der Waals surface area contributed by atoms with Crippen molar-refractivity contribution in [2.75, 3.05) is 14.2 Å². The minimum absolute atomic E-state index is 0.0427. The van der Waals surface area contributed by atoms with E-state index < -0.39 is 11.8 Å². The first-order valence-electron chi connectivity index (χ1n) is 6.23. The second-order valence-electron chi connectivity index (χ2n) is 4.52. The van der Waals surface area contributed by atoms with Gasteiger partial charge in [-0.2, -0.15) is 0 Å². The molecule has 2 aromatic rings. The Morgan fingerprint density at radius 1 is 1.10 bits per heavy atom. The van der Waals surface area contributed by atoms with Gasteiger partial charge < -0.3 is 14.6 Å². The Balaban J connectivity index is 2.66. The normalized spacial score (nSPS) is 10.3. The fourth-order valence-electron chi connectivity index (χ4n) is 2.10. The van der Waals surface area contributed by atoms with Crippen molar-refractivity contribution in [2.24, 2.45) is 0 Å². The average Bonchev–Trinajstić information content (AvgIpc) is 2.48. The van der Waals surface area contributed by atoms with Crippen molar-refractivity contribution in [1.82, 2.24) is 0 Å². The molecule has 0 spiro atoms. The molecule has 0 amide bonds. The van der Waals surface area contributed by atoms with Gasteiger partial charge in [0.2, 0.25) is 0 Å². The Labute approximate surface area is 121 Å². The number of methoxy groups -OCH3 is 2. The Morgan fingerprint density at radius 2 is 1.76 bits per heavy atom. The highest BCUT2D eigenvalue weighted by Gasteiger charge is 2.16. The van der Waals surface area contributed by atoms with Crippen molar-refractivity contribution in [3.8, 4) is 22.6 Å². The first kappa shape index (κ1) is 14.8. The number of ether oxygens (including phenoxy) is 2. The van der Waals surface area contributed by atoms with E-state index >= 15 is 0 Å². The van der Waals surface area contributed by atoms with Crippen molar-refractivity contribution in [2.45, 2.75) is 6.92 Å². The maximum Gasteiger partial charge on any atom is 0.336 e. The van der Waals surface area contributed by atoms with Gasteiger partial charge in [-0.05, 0) is 47.9 Å². The molecular formula is C16H15FO4. The molecule has 0 atom stereocenters. The highest BCUT2D eigenvalue weighted by molar-refractivity contribution is 5.96. The van der Waals surface area contributed by atoms with Gasteiger partial charge in [0.1, 0.15) is 5.82 Å². The van der Waals surface area contributed by atoms with Crippen LogP contribution >= 0.6 is 0 Å². The molecule has 0 aliphatic carbocycles. The number of rotatable bonds is 4. The zero-order chi connectivity index (χ0) is 15.6. The van der Waals surface area contributed by atoms with Crippen molar-refractivity contribution in [3.63, 3.8) is 0 Å². The van der Waals surface area contributed by atoms with Crippen LogP contribution in [0.4, 0.5) is 4.39 Å². The lowest BCUT2D eigenvalue weighted by Crippen LogP contribution is -2.02. The van der Waals surface area contributed by atoms with E-state index in [0.29, 0.717) is 22.6 Å². The van der Waals surface area contributed by atoms with E-state index in [1.807, 2.05) is 0 Å². The third-order valence-corrected chi connectivity index (χ3v) is 3.22. The van der Waals surface area contributed by atoms with Gasteiger partial charge in [0.05, 0.1) is 19.8 Å². The van der Waals surface area contributed by atoms with Gasteiger partial charge in [-0.1, -0.05) is 6.07 Å². The second kappa shape index (κ2) is 5.83. The Morgan fingerprint density at radius 3 is 2.33 bits per heavy atom. The SMILES string of the molecule is COc1ccc(-c2cc(F)c(C)cc2C(=O)O)cc1OC. The molecule has 0 aromatic heterocycles. The number of carbonyl (C=O) groups is 1. The van der Waals surface area contributed by atoms with Crippen LogP contribution in [0.2, 0.25) is 0 Å². The number of carboxylic acid groups (broad SMARTS) is 1. The summed E-state index contributed by atoms with van der Waals surface area (Å²) < 4.78 is 24.1. The van der Waals surface area contributed by atoms with Crippen LogP contribution in [0, 0.1) is 12.7 Å². The number of carboxylic acids is 1. The van der Waals surface area contributed by atoms with E-state index in [2.05, 4.69) is 0 Å². The summed E-state index contributed by atoms with van der Waals surface area (Å²) in [5.74, 6) is -0.592. The van der Waals surface area contributed by atoms with Gasteiger partial charge in [0, 0.05) is 0 Å². The molecule has 0 bridgehead atoms. The summed E-state index contributed by atoms with van der Waals surface area (Å²) in [7, 11) is 2.99. The fraction of sp³-hybridized carbons (Fsp3) is 0.188. The van der Waals surface area contributed by atoms with Gasteiger partial charge in [-0.25, -0.2) is 9.18 Å². The van der Waals surface area contributed by atoms with E-state index in [1.54, 1.807) is 18.2 Å². The molecule has 2 rings (SSSR count). The molecule has 4 nitrogen and oxygen atoms in total. The Hall–Kier alpha value is -2.56. The molecule has 110 valence electrons. The standard InChI is InChI=1S/C16H15FO4/c1-9-6-12(16(18)19)11(8-13(9)17)10-4-5-14(20-2)15(7-10)21-3/h4-8H,1-3H3,(H,18,19). The Bertz CT molecular complexity index is 695. The monoisotopic (exact) mass is 290 g/mol. The molecule has 0 radical (unpaired) electrons. The van der Waals surface area contributed by atoms with Crippen molar-refractivity contribution in [1.29, 1.82) is 0 Å². The summed E-state index contributed by atoms with van der Waals surface area (Å²) in [4.78, 5) is 11.4. The summed E-state index contributed by atoms with van der Waals surface area (Å²) in [6.45, 7) is 1.53. The Kier molecular flexibility index (Phi) is 4.12. The predicted molar refractivity (Wildman–Crippen MR) is 76.6 cm³/mol. The minimum atomic E-state index is -1.11. The molecular weight excluding hydrogens is 275 g/mol. The fourth-order valence-corrected chi connectivity index (χ4v) is 2.10. The minimum Gasteiger partial charge on any atom is -0.493 e. The number of hydrogen-bond donors (Lipinski definition) is 1. The summed E-state index contributed by atoms with van der Waals surface area (Å²) in [5, 5.41) is 9.29. The molecule has 0 saturated carbocycles. The number of benzene rings is 2. The summed E-state index contributed by atoms with van der Waals surface area (Å²) in [6.07, 6.45) is 0. The van der Waals surface area contributed by atoms with Crippen LogP contribution in [0.1, 0.15) is 15.9 Å². The van der Waals surface area contributed by atoms with Crippen molar-refractivity contribution < 1.29 is 23.8 Å². The molecule has 0 fully saturated rings. The quantitative estimate of drug-likeness (QED) is 0.936. The number of halogens is 1. The first-order valence-corrected chi connectivity index (χ1v) is 6.23. The molecule has 0 heterocycles. The number of aromatic carboxylic acids is 1. The zero-order valence-electron chi connectivity index (χ0n) is 11.9. The molecule has 21 heavy (non-hydrogen) atoms. The van der Waals surface area contributed by atoms with Crippen LogP contribution in [0.3, 0.4) is 0 Å². The maximum atomic E-state index is 13.8. The first-order chi connectivity index (χ1) is 9.97. The predicted octanol–water partition coefficient (Wildman–Crippen LogP) is 3.52. The summed E-state index contributed by atoms with van der Waals surface area (Å²) >= 11 is 0. The molecule has 0 unspecified atom stereocenters. The average molecular weight is 290 g/mol. The zero-order valence-corrected chi connectivity index (χ0v) is 11.9. The van der Waals surface area contributed by atoms with E-state index in [0.717, 1.165) is 0 Å². The van der Waals surface area contributed by atoms with E-state index in [-0.39, 0.29) is 11.1 Å². The van der Waals surface area contributed by atoms with Crippen molar-refractivity contribution >= 4 is 5.97 Å². The third kappa shape index (κ3) is 2.81. The van der Waals surface area contributed by atoms with Gasteiger partial charge in [0.25, 0.3) is 0 Å². The molecule has 0 aliphatic heterocycles. The van der Waals surface area contributed by atoms with Gasteiger partial charge in [-0.15, -0.1) is 0 Å². The lowest BCUT2D eigenvalue weighted by molar-refractivity contribution is 0.0697. The molecule has 1 N–H and O–H groups in total. The number of hydrogen-bond acceptors (Lipinski definition) is 3. The van der Waals surface area contributed by atoms with E-state index in [4.69, 9.17) is 9.47 Å². The van der Waals surface area contributed by atoms with E-state index in [1.165, 1.54) is 33.3 Å². The third-order valence-electron chi connectivity index (χ3n) is 3.22. The van der Waals surface area contributed by atoms with Crippen LogP contribution in [-0.4, -0.2) is 25.3 Å². The lowest BCUT2D eigenvalue weighted by atomic mass is 9.97. The van der Waals surface area contributed by atoms with E-state index in [9.17, 15) is 14.3 Å². The van der Waals surface area contributed by atoms with Crippen LogP contribution in [0.5, 0.6) is 11.5 Å². The van der Waals surface area contributed by atoms with Crippen LogP contribution in [0.15, 0.2) is 30.3 Å². The lowest BCUT2D eigenvalue weighted by Gasteiger charge is -2.12. The summed E-state index contributed by atoms with van der Waals surface area (Å²) in [6, 6.07) is 7.48. The molecule has 0 saturated heterocycles. The van der Waals surface area contributed by atoms with Crippen LogP contribution in [0.25, 0.3) is 11.1 Å². The summed E-state index contributed by atoms with van der Waals surface area (Å²) in [5.41, 5.74) is 1.17.